The molecule has 0 aromatic heterocycles. The number of benzene rings is 12. The van der Waals surface area contributed by atoms with Gasteiger partial charge in [0.1, 0.15) is 0 Å². The third kappa shape index (κ3) is 8.45. The quantitative estimate of drug-likeness (QED) is 0.0884. The summed E-state index contributed by atoms with van der Waals surface area (Å²) >= 11 is 0. The van der Waals surface area contributed by atoms with E-state index in [2.05, 4.69) is 133 Å². The van der Waals surface area contributed by atoms with Crippen molar-refractivity contribution in [3.05, 3.63) is 253 Å². The summed E-state index contributed by atoms with van der Waals surface area (Å²) in [4.78, 5) is 46.5. The van der Waals surface area contributed by atoms with Crippen molar-refractivity contribution in [2.24, 2.45) is 0 Å². The molecule has 362 valence electrons. The Morgan fingerprint density at radius 1 is 0.197 bits per heavy atom. The fraction of sp³-hybridized carbons (Fsp3) is 0. The lowest BCUT2D eigenvalue weighted by atomic mass is 9.81. The van der Waals surface area contributed by atoms with E-state index < -0.39 is 23.9 Å². The standard InChI is InChI=1S/C68H42O8/c69-65(70)51-25-9-43(10-26-51)39-1-17-47(18-2-39)59-37-60(48-19-3-40(4-20-48)44-11-27-52(28-12-44)66(71)72)56-35-36-58-62(50-23-7-42(8-24-50)46-15-31-54(32-16-46)68(75)76)38-61(57-34-33-55(59)63(56)64(57)58)49-21-5-41(6-22-49)45-13-29-53(30-14-45)67(73)74/h1-38H,(H,69,70)(H,71,72)(H,73,74)(H,75,76). The van der Waals surface area contributed by atoms with Gasteiger partial charge < -0.3 is 20.4 Å². The monoisotopic (exact) mass is 986 g/mol. The molecule has 0 saturated carbocycles. The molecular formula is C68H42O8. The number of hydrogen-bond acceptors (Lipinski definition) is 4. The fourth-order valence-electron chi connectivity index (χ4n) is 10.5. The molecule has 0 aliphatic heterocycles. The molecule has 8 nitrogen and oxygen atoms in total. The summed E-state index contributed by atoms with van der Waals surface area (Å²) in [5.41, 5.74) is 16.4. The van der Waals surface area contributed by atoms with E-state index >= 15 is 0 Å². The zero-order valence-electron chi connectivity index (χ0n) is 40.4. The Hall–Kier alpha value is -10.4. The predicted octanol–water partition coefficient (Wildman–Crippen LogP) is 16.7. The Morgan fingerprint density at radius 2 is 0.342 bits per heavy atom. The van der Waals surface area contributed by atoms with Crippen LogP contribution >= 0.6 is 0 Å². The molecule has 12 rings (SSSR count). The lowest BCUT2D eigenvalue weighted by Gasteiger charge is -2.22. The zero-order chi connectivity index (χ0) is 52.2. The van der Waals surface area contributed by atoms with Crippen molar-refractivity contribution in [2.45, 2.75) is 0 Å². The first-order chi connectivity index (χ1) is 36.9. The van der Waals surface area contributed by atoms with Crippen molar-refractivity contribution >= 4 is 56.2 Å². The number of aromatic carboxylic acids is 4. The maximum atomic E-state index is 11.6. The summed E-state index contributed by atoms with van der Waals surface area (Å²) in [6.07, 6.45) is 0. The maximum Gasteiger partial charge on any atom is 0.335 e. The molecule has 0 unspecified atom stereocenters. The van der Waals surface area contributed by atoms with Gasteiger partial charge in [-0.3, -0.25) is 0 Å². The lowest BCUT2D eigenvalue weighted by molar-refractivity contribution is 0.0686. The van der Waals surface area contributed by atoms with E-state index in [1.165, 1.54) is 0 Å². The van der Waals surface area contributed by atoms with Crippen LogP contribution in [0, 0.1) is 0 Å². The minimum absolute atomic E-state index is 0.223. The highest BCUT2D eigenvalue weighted by Crippen LogP contribution is 2.49. The van der Waals surface area contributed by atoms with E-state index in [-0.39, 0.29) is 22.3 Å². The molecule has 12 aromatic carbocycles. The molecule has 0 heterocycles. The summed E-state index contributed by atoms with van der Waals surface area (Å²) in [7, 11) is 0. The van der Waals surface area contributed by atoms with Crippen molar-refractivity contribution in [2.75, 3.05) is 0 Å². The molecule has 8 heteroatoms. The molecule has 0 aliphatic carbocycles. The molecule has 0 aliphatic rings. The van der Waals surface area contributed by atoms with Crippen molar-refractivity contribution in [3.8, 4) is 89.0 Å². The average Bonchev–Trinajstić information content (AvgIpc) is 3.48. The van der Waals surface area contributed by atoms with Gasteiger partial charge in [-0.15, -0.1) is 0 Å². The summed E-state index contributed by atoms with van der Waals surface area (Å²) in [5, 5.41) is 44.6. The van der Waals surface area contributed by atoms with Crippen molar-refractivity contribution < 1.29 is 39.6 Å². The number of carbonyl (C=O) groups is 4. The molecule has 0 bridgehead atoms. The van der Waals surface area contributed by atoms with Crippen LogP contribution in [0.1, 0.15) is 41.4 Å². The first kappa shape index (κ1) is 46.6. The summed E-state index contributed by atoms with van der Waals surface area (Å²) in [5.74, 6) is -3.91. The second-order valence-electron chi connectivity index (χ2n) is 18.9. The zero-order valence-corrected chi connectivity index (χ0v) is 40.4. The van der Waals surface area contributed by atoms with Gasteiger partial charge in [-0.25, -0.2) is 19.2 Å². The Kier molecular flexibility index (Phi) is 11.6. The van der Waals surface area contributed by atoms with Gasteiger partial charge in [0, 0.05) is 0 Å². The van der Waals surface area contributed by atoms with Crippen molar-refractivity contribution in [3.63, 3.8) is 0 Å². The number of rotatable bonds is 12. The maximum absolute atomic E-state index is 11.6. The van der Waals surface area contributed by atoms with E-state index in [0.29, 0.717) is 0 Å². The van der Waals surface area contributed by atoms with E-state index in [9.17, 15) is 39.6 Å². The Balaban J connectivity index is 1.07. The average molecular weight is 987 g/mol. The molecule has 0 amide bonds. The Morgan fingerprint density at radius 3 is 0.500 bits per heavy atom. The van der Waals surface area contributed by atoms with E-state index in [0.717, 1.165) is 121 Å². The molecular weight excluding hydrogens is 945 g/mol. The highest BCUT2D eigenvalue weighted by atomic mass is 16.4. The Bertz CT molecular complexity index is 3690. The van der Waals surface area contributed by atoms with Crippen LogP contribution in [0.25, 0.3) is 121 Å². The highest BCUT2D eigenvalue weighted by Gasteiger charge is 2.22. The van der Waals surface area contributed by atoms with Crippen molar-refractivity contribution in [1.29, 1.82) is 0 Å². The van der Waals surface area contributed by atoms with Gasteiger partial charge in [0.2, 0.25) is 0 Å². The van der Waals surface area contributed by atoms with E-state index in [1.807, 2.05) is 48.5 Å². The van der Waals surface area contributed by atoms with Crippen LogP contribution in [-0.2, 0) is 0 Å². The SMILES string of the molecule is O=C(O)c1ccc(-c2ccc(-c3cc(-c4ccc(-c5ccc(C(=O)O)cc5)cc4)c4ccc5c(-c6ccc(-c7ccc(C(=O)O)cc7)cc6)cc(-c6ccc(-c7ccc(C(=O)O)cc7)cc6)c6ccc3c4c65)cc2)cc1. The van der Waals surface area contributed by atoms with Gasteiger partial charge in [-0.1, -0.05) is 170 Å². The van der Waals surface area contributed by atoms with E-state index in [4.69, 9.17) is 0 Å². The predicted molar refractivity (Wildman–Crippen MR) is 301 cm³/mol. The number of carboxylic acid groups (broad SMARTS) is 4. The van der Waals surface area contributed by atoms with Crippen LogP contribution in [0.2, 0.25) is 0 Å². The third-order valence-electron chi connectivity index (χ3n) is 14.5. The van der Waals surface area contributed by atoms with Crippen LogP contribution in [-0.4, -0.2) is 44.3 Å². The highest BCUT2D eigenvalue weighted by molar-refractivity contribution is 6.32. The van der Waals surface area contributed by atoms with Crippen LogP contribution in [0.3, 0.4) is 0 Å². The summed E-state index contributed by atoms with van der Waals surface area (Å²) in [6.45, 7) is 0. The van der Waals surface area contributed by atoms with Gasteiger partial charge in [0.05, 0.1) is 22.3 Å². The van der Waals surface area contributed by atoms with Gasteiger partial charge in [0.25, 0.3) is 0 Å². The molecule has 4 N–H and O–H groups in total. The van der Waals surface area contributed by atoms with Crippen LogP contribution in [0.5, 0.6) is 0 Å². The van der Waals surface area contributed by atoms with Gasteiger partial charge in [0.15, 0.2) is 0 Å². The van der Waals surface area contributed by atoms with E-state index in [1.54, 1.807) is 48.5 Å². The molecule has 0 saturated heterocycles. The van der Waals surface area contributed by atoms with Crippen LogP contribution in [0.4, 0.5) is 0 Å². The normalized spacial score (nSPS) is 11.3. The molecule has 0 radical (unpaired) electrons. The first-order valence-electron chi connectivity index (χ1n) is 24.5. The first-order valence-corrected chi connectivity index (χ1v) is 24.5. The molecule has 0 spiro atoms. The van der Waals surface area contributed by atoms with Crippen LogP contribution in [0.15, 0.2) is 231 Å². The molecule has 0 fully saturated rings. The van der Waals surface area contributed by atoms with Gasteiger partial charge >= 0.3 is 23.9 Å². The van der Waals surface area contributed by atoms with Gasteiger partial charge in [-0.05, 0) is 182 Å². The third-order valence-corrected chi connectivity index (χ3v) is 14.5. The minimum atomic E-state index is -0.977. The minimum Gasteiger partial charge on any atom is -0.478 e. The molecule has 76 heavy (non-hydrogen) atoms. The number of carboxylic acids is 4. The van der Waals surface area contributed by atoms with Gasteiger partial charge in [-0.2, -0.15) is 0 Å². The smallest absolute Gasteiger partial charge is 0.335 e. The molecule has 12 aromatic rings. The number of hydrogen-bond donors (Lipinski definition) is 4. The van der Waals surface area contributed by atoms with Crippen LogP contribution < -0.4 is 0 Å². The second-order valence-corrected chi connectivity index (χ2v) is 18.9. The second kappa shape index (κ2) is 18.9. The lowest BCUT2D eigenvalue weighted by Crippen LogP contribution is -1.95. The topological polar surface area (TPSA) is 149 Å². The largest absolute Gasteiger partial charge is 0.478 e. The summed E-state index contributed by atoms with van der Waals surface area (Å²) in [6, 6.07) is 74.4. The fourth-order valence-corrected chi connectivity index (χ4v) is 10.5. The summed E-state index contributed by atoms with van der Waals surface area (Å²) < 4.78 is 0. The molecule has 0 atom stereocenters. The van der Waals surface area contributed by atoms with Crippen molar-refractivity contribution in [1.82, 2.24) is 0 Å². The Labute approximate surface area is 435 Å².